The van der Waals surface area contributed by atoms with E-state index in [-0.39, 0.29) is 11.4 Å². The van der Waals surface area contributed by atoms with E-state index >= 15 is 0 Å². The van der Waals surface area contributed by atoms with Crippen LogP contribution in [0, 0.1) is 10.1 Å². The van der Waals surface area contributed by atoms with Crippen LogP contribution in [0.2, 0.25) is 0 Å². The van der Waals surface area contributed by atoms with E-state index in [1.54, 1.807) is 30.0 Å². The van der Waals surface area contributed by atoms with Crippen molar-refractivity contribution in [3.8, 4) is 5.75 Å². The molecule has 0 amide bonds. The average molecular weight is 244 g/mol. The SMILES string of the molecule is O=[N+]([O-])c1cc(N2SCCS2)ccc1O. The Morgan fingerprint density at radius 3 is 2.67 bits per heavy atom. The van der Waals surface area contributed by atoms with Crippen molar-refractivity contribution in [2.75, 3.05) is 15.2 Å². The number of nitro groups is 1. The molecule has 0 radical (unpaired) electrons. The highest BCUT2D eigenvalue weighted by Gasteiger charge is 2.20. The molecule has 0 aliphatic carbocycles. The number of benzene rings is 1. The normalized spacial score (nSPS) is 15.6. The molecule has 0 saturated carbocycles. The minimum atomic E-state index is -0.579. The van der Waals surface area contributed by atoms with Gasteiger partial charge in [-0.25, -0.2) is 0 Å². The van der Waals surface area contributed by atoms with Gasteiger partial charge in [0.25, 0.3) is 0 Å². The molecule has 15 heavy (non-hydrogen) atoms. The van der Waals surface area contributed by atoms with Gasteiger partial charge in [-0.1, -0.05) is 0 Å². The molecular weight excluding hydrogens is 236 g/mol. The standard InChI is InChI=1S/C8H8N2O3S2/c11-8-2-1-6(5-7(8)9(12)13)10-14-3-4-15-10/h1-2,5,11H,3-4H2. The highest BCUT2D eigenvalue weighted by atomic mass is 32.2. The van der Waals surface area contributed by atoms with E-state index in [9.17, 15) is 15.2 Å². The molecule has 0 atom stereocenters. The number of aromatic hydroxyl groups is 1. The zero-order chi connectivity index (χ0) is 10.8. The van der Waals surface area contributed by atoms with Gasteiger partial charge in [0, 0.05) is 17.6 Å². The van der Waals surface area contributed by atoms with Gasteiger partial charge in [0.1, 0.15) is 0 Å². The van der Waals surface area contributed by atoms with E-state index in [1.165, 1.54) is 12.1 Å². The van der Waals surface area contributed by atoms with Crippen molar-refractivity contribution >= 4 is 35.3 Å². The monoisotopic (exact) mass is 244 g/mol. The number of phenols is 1. The molecule has 1 saturated heterocycles. The van der Waals surface area contributed by atoms with Crippen LogP contribution in [0.5, 0.6) is 5.75 Å². The smallest absolute Gasteiger partial charge is 0.312 e. The number of rotatable bonds is 2. The predicted molar refractivity (Wildman–Crippen MR) is 62.2 cm³/mol. The van der Waals surface area contributed by atoms with Gasteiger partial charge in [-0.3, -0.25) is 13.8 Å². The molecule has 5 nitrogen and oxygen atoms in total. The molecule has 1 fully saturated rings. The van der Waals surface area contributed by atoms with Crippen LogP contribution < -0.4 is 3.71 Å². The highest BCUT2D eigenvalue weighted by Crippen LogP contribution is 2.39. The van der Waals surface area contributed by atoms with Gasteiger partial charge < -0.3 is 5.11 Å². The van der Waals surface area contributed by atoms with Crippen LogP contribution in [0.1, 0.15) is 0 Å². The first-order valence-electron chi connectivity index (χ1n) is 4.22. The second-order valence-corrected chi connectivity index (χ2v) is 5.15. The van der Waals surface area contributed by atoms with Crippen molar-refractivity contribution in [2.45, 2.75) is 0 Å². The summed E-state index contributed by atoms with van der Waals surface area (Å²) in [7, 11) is 0. The molecule has 1 aliphatic heterocycles. The molecule has 0 unspecified atom stereocenters. The minimum absolute atomic E-state index is 0.249. The summed E-state index contributed by atoms with van der Waals surface area (Å²) < 4.78 is 1.92. The van der Waals surface area contributed by atoms with E-state index in [0.29, 0.717) is 0 Å². The van der Waals surface area contributed by atoms with Gasteiger partial charge in [0.15, 0.2) is 5.75 Å². The van der Waals surface area contributed by atoms with Crippen molar-refractivity contribution in [2.24, 2.45) is 0 Å². The Hall–Kier alpha value is -1.08. The Kier molecular flexibility index (Phi) is 2.92. The molecule has 1 aromatic carbocycles. The first-order valence-corrected chi connectivity index (χ1v) is 6.10. The van der Waals surface area contributed by atoms with Crippen LogP contribution in [0.4, 0.5) is 11.4 Å². The van der Waals surface area contributed by atoms with E-state index in [1.807, 2.05) is 3.71 Å². The lowest BCUT2D eigenvalue weighted by Crippen LogP contribution is -1.98. The zero-order valence-electron chi connectivity index (χ0n) is 7.62. The number of nitrogens with zero attached hydrogens (tertiary/aromatic N) is 2. The fourth-order valence-electron chi connectivity index (χ4n) is 1.20. The first kappa shape index (κ1) is 10.4. The number of hydrogen-bond acceptors (Lipinski definition) is 6. The lowest BCUT2D eigenvalue weighted by Gasteiger charge is -2.13. The topological polar surface area (TPSA) is 66.6 Å². The fourth-order valence-corrected chi connectivity index (χ4v) is 3.40. The van der Waals surface area contributed by atoms with E-state index < -0.39 is 4.92 Å². The Balaban J connectivity index is 2.33. The summed E-state index contributed by atoms with van der Waals surface area (Å²) >= 11 is 3.23. The summed E-state index contributed by atoms with van der Waals surface area (Å²) in [6, 6.07) is 4.42. The maximum absolute atomic E-state index is 10.6. The quantitative estimate of drug-likeness (QED) is 0.489. The average Bonchev–Trinajstić information content (AvgIpc) is 2.71. The number of hydrogen-bond donors (Lipinski definition) is 1. The van der Waals surface area contributed by atoms with Gasteiger partial charge in [0.2, 0.25) is 0 Å². The third-order valence-corrected chi connectivity index (χ3v) is 4.42. The molecule has 80 valence electrons. The van der Waals surface area contributed by atoms with Crippen molar-refractivity contribution in [1.82, 2.24) is 0 Å². The van der Waals surface area contributed by atoms with Gasteiger partial charge in [-0.2, -0.15) is 0 Å². The Morgan fingerprint density at radius 1 is 1.40 bits per heavy atom. The van der Waals surface area contributed by atoms with E-state index in [2.05, 4.69) is 0 Å². The van der Waals surface area contributed by atoms with Crippen molar-refractivity contribution < 1.29 is 10.0 Å². The van der Waals surface area contributed by atoms with Gasteiger partial charge >= 0.3 is 5.69 Å². The largest absolute Gasteiger partial charge is 0.502 e. The summed E-state index contributed by atoms with van der Waals surface area (Å²) in [6.07, 6.45) is 0. The number of anilines is 1. The summed E-state index contributed by atoms with van der Waals surface area (Å²) in [6.45, 7) is 0. The lowest BCUT2D eigenvalue weighted by atomic mass is 10.2. The molecule has 1 N–H and O–H groups in total. The second-order valence-electron chi connectivity index (χ2n) is 2.85. The molecule has 1 heterocycles. The van der Waals surface area contributed by atoms with Crippen molar-refractivity contribution in [3.05, 3.63) is 28.3 Å². The number of phenolic OH excluding ortho intramolecular Hbond substituents is 1. The van der Waals surface area contributed by atoms with Gasteiger partial charge in [-0.05, 0) is 36.0 Å². The third-order valence-electron chi connectivity index (χ3n) is 1.87. The molecule has 1 aromatic rings. The summed E-state index contributed by atoms with van der Waals surface area (Å²) in [5.74, 6) is 1.71. The zero-order valence-corrected chi connectivity index (χ0v) is 9.25. The number of nitro benzene ring substituents is 1. The molecule has 0 aromatic heterocycles. The van der Waals surface area contributed by atoms with E-state index in [4.69, 9.17) is 0 Å². The summed E-state index contributed by atoms with van der Waals surface area (Å²) in [5.41, 5.74) is 0.493. The van der Waals surface area contributed by atoms with Gasteiger partial charge in [0.05, 0.1) is 10.6 Å². The van der Waals surface area contributed by atoms with Gasteiger partial charge in [-0.15, -0.1) is 0 Å². The summed E-state index contributed by atoms with van der Waals surface area (Å²) in [4.78, 5) is 10.0. The maximum Gasteiger partial charge on any atom is 0.312 e. The molecule has 1 aliphatic rings. The fraction of sp³-hybridized carbons (Fsp3) is 0.250. The van der Waals surface area contributed by atoms with Crippen LogP contribution in [-0.4, -0.2) is 21.5 Å². The summed E-state index contributed by atoms with van der Waals surface area (Å²) in [5, 5.41) is 19.9. The molecule has 2 rings (SSSR count). The van der Waals surface area contributed by atoms with Crippen LogP contribution in [-0.2, 0) is 0 Å². The first-order chi connectivity index (χ1) is 7.18. The maximum atomic E-state index is 10.6. The third kappa shape index (κ3) is 2.13. The molecule has 7 heteroatoms. The second kappa shape index (κ2) is 4.19. The van der Waals surface area contributed by atoms with Crippen molar-refractivity contribution in [1.29, 1.82) is 0 Å². The molecular formula is C8H8N2O3S2. The Labute approximate surface area is 94.9 Å². The van der Waals surface area contributed by atoms with E-state index in [0.717, 1.165) is 17.2 Å². The predicted octanol–water partition coefficient (Wildman–Crippen LogP) is 2.42. The van der Waals surface area contributed by atoms with Crippen molar-refractivity contribution in [3.63, 3.8) is 0 Å². The Bertz CT molecular complexity index is 393. The molecule has 0 spiro atoms. The molecule has 0 bridgehead atoms. The highest BCUT2D eigenvalue weighted by molar-refractivity contribution is 8.21. The van der Waals surface area contributed by atoms with Crippen LogP contribution in [0.25, 0.3) is 0 Å². The lowest BCUT2D eigenvalue weighted by molar-refractivity contribution is -0.385. The van der Waals surface area contributed by atoms with Crippen LogP contribution in [0.3, 0.4) is 0 Å². The minimum Gasteiger partial charge on any atom is -0.502 e. The van der Waals surface area contributed by atoms with Crippen LogP contribution in [0.15, 0.2) is 18.2 Å². The Morgan fingerprint density at radius 2 is 2.07 bits per heavy atom. The van der Waals surface area contributed by atoms with Crippen LogP contribution >= 0.6 is 23.9 Å².